The first-order valence-electron chi connectivity index (χ1n) is 5.98. The van der Waals surface area contributed by atoms with Crippen molar-refractivity contribution in [3.8, 4) is 0 Å². The zero-order chi connectivity index (χ0) is 14.6. The maximum Gasteiger partial charge on any atom is 0.303 e. The molecular weight excluding hydrogens is 246 g/mol. The van der Waals surface area contributed by atoms with E-state index in [-0.39, 0.29) is 6.42 Å². The number of anilines is 1. The van der Waals surface area contributed by atoms with Gasteiger partial charge in [-0.3, -0.25) is 9.59 Å². The number of rotatable bonds is 6. The maximum absolute atomic E-state index is 11.4. The molecule has 1 rings (SSSR count). The van der Waals surface area contributed by atoms with Crippen molar-refractivity contribution in [1.29, 1.82) is 0 Å². The Morgan fingerprint density at radius 2 is 2.11 bits per heavy atom. The summed E-state index contributed by atoms with van der Waals surface area (Å²) in [6.45, 7) is 5.48. The Morgan fingerprint density at radius 3 is 2.63 bits per heavy atom. The van der Waals surface area contributed by atoms with Gasteiger partial charge in [-0.25, -0.2) is 4.98 Å². The van der Waals surface area contributed by atoms with E-state index < -0.39 is 17.4 Å². The number of aryl methyl sites for hydroxylation is 1. The van der Waals surface area contributed by atoms with E-state index in [1.165, 1.54) is 0 Å². The Kier molecular flexibility index (Phi) is 4.47. The molecule has 0 aromatic carbocycles. The van der Waals surface area contributed by atoms with Crippen LogP contribution in [0.1, 0.15) is 42.6 Å². The van der Waals surface area contributed by atoms with Gasteiger partial charge in [0, 0.05) is 18.2 Å². The molecule has 0 aliphatic heterocycles. The van der Waals surface area contributed by atoms with Crippen LogP contribution >= 0.6 is 0 Å². The van der Waals surface area contributed by atoms with Gasteiger partial charge in [0.1, 0.15) is 5.82 Å². The van der Waals surface area contributed by atoms with Gasteiger partial charge in [-0.1, -0.05) is 0 Å². The van der Waals surface area contributed by atoms with Gasteiger partial charge in [0.25, 0.3) is 5.91 Å². The van der Waals surface area contributed by atoms with Crippen LogP contribution in [0.5, 0.6) is 0 Å². The molecule has 19 heavy (non-hydrogen) atoms. The quantitative estimate of drug-likeness (QED) is 0.723. The minimum Gasteiger partial charge on any atom is -0.481 e. The molecule has 0 bridgehead atoms. The standard InChI is InChI=1S/C13H19N3O3/c1-8-5-7-15-12(10(8)11(14)19)16-13(2,3)6-4-9(17)18/h5,7H,4,6H2,1-3H3,(H2,14,19)(H,15,16)(H,17,18). The molecule has 6 heteroatoms. The number of hydrogen-bond donors (Lipinski definition) is 3. The molecule has 1 aromatic rings. The van der Waals surface area contributed by atoms with Gasteiger partial charge in [0.05, 0.1) is 5.56 Å². The summed E-state index contributed by atoms with van der Waals surface area (Å²) in [7, 11) is 0. The summed E-state index contributed by atoms with van der Waals surface area (Å²) < 4.78 is 0. The Balaban J connectivity index is 2.95. The lowest BCUT2D eigenvalue weighted by Crippen LogP contribution is -2.33. The van der Waals surface area contributed by atoms with Crippen LogP contribution in [-0.4, -0.2) is 27.5 Å². The fourth-order valence-electron chi connectivity index (χ4n) is 1.77. The Labute approximate surface area is 112 Å². The lowest BCUT2D eigenvalue weighted by Gasteiger charge is -2.27. The van der Waals surface area contributed by atoms with Crippen molar-refractivity contribution in [2.24, 2.45) is 5.73 Å². The number of amides is 1. The number of carboxylic acid groups (broad SMARTS) is 1. The van der Waals surface area contributed by atoms with Crippen LogP contribution in [0.2, 0.25) is 0 Å². The van der Waals surface area contributed by atoms with Crippen molar-refractivity contribution in [2.45, 2.75) is 39.2 Å². The predicted molar refractivity (Wildman–Crippen MR) is 72.1 cm³/mol. The number of aromatic nitrogens is 1. The first kappa shape index (κ1) is 14.9. The minimum atomic E-state index is -0.859. The Hall–Kier alpha value is -2.11. The average molecular weight is 265 g/mol. The number of carbonyl (C=O) groups is 2. The number of aliphatic carboxylic acids is 1. The minimum absolute atomic E-state index is 0.0394. The van der Waals surface area contributed by atoms with E-state index in [1.807, 2.05) is 13.8 Å². The van der Waals surface area contributed by atoms with E-state index in [4.69, 9.17) is 10.8 Å². The largest absolute Gasteiger partial charge is 0.481 e. The first-order chi connectivity index (χ1) is 8.73. The number of nitrogens with zero attached hydrogens (tertiary/aromatic N) is 1. The highest BCUT2D eigenvalue weighted by atomic mass is 16.4. The van der Waals surface area contributed by atoms with E-state index in [2.05, 4.69) is 10.3 Å². The van der Waals surface area contributed by atoms with E-state index in [1.54, 1.807) is 19.2 Å². The topological polar surface area (TPSA) is 105 Å². The Morgan fingerprint density at radius 1 is 1.47 bits per heavy atom. The van der Waals surface area contributed by atoms with E-state index in [0.717, 1.165) is 5.56 Å². The van der Waals surface area contributed by atoms with Crippen molar-refractivity contribution in [2.75, 3.05) is 5.32 Å². The van der Waals surface area contributed by atoms with E-state index >= 15 is 0 Å². The van der Waals surface area contributed by atoms with Crippen molar-refractivity contribution < 1.29 is 14.7 Å². The van der Waals surface area contributed by atoms with Crippen molar-refractivity contribution >= 4 is 17.7 Å². The second-order valence-corrected chi connectivity index (χ2v) is 5.12. The van der Waals surface area contributed by atoms with Crippen molar-refractivity contribution in [3.63, 3.8) is 0 Å². The molecule has 0 aliphatic rings. The summed E-state index contributed by atoms with van der Waals surface area (Å²) in [5.74, 6) is -1.02. The van der Waals surface area contributed by atoms with Gasteiger partial charge in [0.15, 0.2) is 0 Å². The van der Waals surface area contributed by atoms with E-state index in [0.29, 0.717) is 17.8 Å². The summed E-state index contributed by atoms with van der Waals surface area (Å²) in [5.41, 5.74) is 5.92. The molecule has 6 nitrogen and oxygen atoms in total. The van der Waals surface area contributed by atoms with Gasteiger partial charge in [-0.05, 0) is 38.8 Å². The highest BCUT2D eigenvalue weighted by molar-refractivity contribution is 5.99. The SMILES string of the molecule is Cc1ccnc(NC(C)(C)CCC(=O)O)c1C(N)=O. The summed E-state index contributed by atoms with van der Waals surface area (Å²) >= 11 is 0. The van der Waals surface area contributed by atoms with Gasteiger partial charge < -0.3 is 16.2 Å². The average Bonchev–Trinajstić information content (AvgIpc) is 2.25. The molecular formula is C13H19N3O3. The molecule has 0 unspecified atom stereocenters. The molecule has 1 amide bonds. The number of carbonyl (C=O) groups excluding carboxylic acids is 1. The molecule has 1 aromatic heterocycles. The third kappa shape index (κ3) is 4.24. The molecule has 0 spiro atoms. The lowest BCUT2D eigenvalue weighted by molar-refractivity contribution is -0.137. The number of hydrogen-bond acceptors (Lipinski definition) is 4. The van der Waals surface area contributed by atoms with Crippen LogP contribution in [0.4, 0.5) is 5.82 Å². The number of primary amides is 1. The first-order valence-corrected chi connectivity index (χ1v) is 5.98. The maximum atomic E-state index is 11.4. The summed E-state index contributed by atoms with van der Waals surface area (Å²) in [6, 6.07) is 1.70. The van der Waals surface area contributed by atoms with Crippen molar-refractivity contribution in [1.82, 2.24) is 4.98 Å². The highest BCUT2D eigenvalue weighted by Crippen LogP contribution is 2.22. The summed E-state index contributed by atoms with van der Waals surface area (Å²) in [6.07, 6.45) is 2.03. The van der Waals surface area contributed by atoms with Gasteiger partial charge >= 0.3 is 5.97 Å². The molecule has 0 fully saturated rings. The van der Waals surface area contributed by atoms with Crippen molar-refractivity contribution in [3.05, 3.63) is 23.4 Å². The molecule has 104 valence electrons. The number of nitrogens with one attached hydrogen (secondary N) is 1. The van der Waals surface area contributed by atoms with Crippen LogP contribution in [0, 0.1) is 6.92 Å². The van der Waals surface area contributed by atoms with Crippen LogP contribution in [-0.2, 0) is 4.79 Å². The molecule has 0 aliphatic carbocycles. The molecule has 0 atom stereocenters. The Bertz CT molecular complexity index is 498. The molecule has 0 radical (unpaired) electrons. The molecule has 0 saturated heterocycles. The highest BCUT2D eigenvalue weighted by Gasteiger charge is 2.22. The second-order valence-electron chi connectivity index (χ2n) is 5.12. The second kappa shape index (κ2) is 5.69. The zero-order valence-electron chi connectivity index (χ0n) is 11.4. The number of pyridine rings is 1. The lowest BCUT2D eigenvalue weighted by atomic mass is 9.97. The van der Waals surface area contributed by atoms with Gasteiger partial charge in [0.2, 0.25) is 0 Å². The van der Waals surface area contributed by atoms with Gasteiger partial charge in [-0.15, -0.1) is 0 Å². The fourth-order valence-corrected chi connectivity index (χ4v) is 1.77. The van der Waals surface area contributed by atoms with Crippen LogP contribution in [0.15, 0.2) is 12.3 Å². The number of carboxylic acids is 1. The van der Waals surface area contributed by atoms with E-state index in [9.17, 15) is 9.59 Å². The van der Waals surface area contributed by atoms with Crippen LogP contribution < -0.4 is 11.1 Å². The molecule has 1 heterocycles. The molecule has 0 saturated carbocycles. The van der Waals surface area contributed by atoms with Gasteiger partial charge in [-0.2, -0.15) is 0 Å². The third-order valence-corrected chi connectivity index (χ3v) is 2.83. The predicted octanol–water partition coefficient (Wildman–Crippen LogP) is 1.54. The summed E-state index contributed by atoms with van der Waals surface area (Å²) in [5, 5.41) is 11.8. The third-order valence-electron chi connectivity index (χ3n) is 2.83. The normalized spacial score (nSPS) is 11.1. The smallest absolute Gasteiger partial charge is 0.303 e. The van der Waals surface area contributed by atoms with Crippen LogP contribution in [0.25, 0.3) is 0 Å². The monoisotopic (exact) mass is 265 g/mol. The zero-order valence-corrected chi connectivity index (χ0v) is 11.4. The molecule has 4 N–H and O–H groups in total. The van der Waals surface area contributed by atoms with Crippen LogP contribution in [0.3, 0.4) is 0 Å². The number of nitrogens with two attached hydrogens (primary N) is 1. The summed E-state index contributed by atoms with van der Waals surface area (Å²) in [4.78, 5) is 26.2. The fraction of sp³-hybridized carbons (Fsp3) is 0.462.